The first-order valence-corrected chi connectivity index (χ1v) is 6.16. The molecule has 1 fully saturated rings. The van der Waals surface area contributed by atoms with E-state index in [1.165, 1.54) is 16.2 Å². The molecule has 0 aromatic carbocycles. The predicted octanol–water partition coefficient (Wildman–Crippen LogP) is 2.85. The van der Waals surface area contributed by atoms with E-state index < -0.39 is 18.0 Å². The van der Waals surface area contributed by atoms with Gasteiger partial charge in [0.25, 0.3) is 11.8 Å². The van der Waals surface area contributed by atoms with Gasteiger partial charge in [-0.1, -0.05) is 6.92 Å². The summed E-state index contributed by atoms with van der Waals surface area (Å²) < 4.78 is 27.0. The summed E-state index contributed by atoms with van der Waals surface area (Å²) >= 11 is 1.42. The molecule has 3 heterocycles. The van der Waals surface area contributed by atoms with Gasteiger partial charge in [-0.15, -0.1) is 11.3 Å². The van der Waals surface area contributed by atoms with Crippen LogP contribution in [0.3, 0.4) is 0 Å². The van der Waals surface area contributed by atoms with Crippen LogP contribution in [0.5, 0.6) is 0 Å². The van der Waals surface area contributed by atoms with Gasteiger partial charge in [0, 0.05) is 11.3 Å². The molecule has 1 amide bonds. The van der Waals surface area contributed by atoms with Crippen molar-refractivity contribution in [2.45, 2.75) is 31.2 Å². The Balaban J connectivity index is 2.18. The highest BCUT2D eigenvalue weighted by Crippen LogP contribution is 2.54. The Hall–Kier alpha value is -0.970. The van der Waals surface area contributed by atoms with Crippen molar-refractivity contribution in [1.29, 1.82) is 0 Å². The molecule has 0 radical (unpaired) electrons. The van der Waals surface area contributed by atoms with Crippen LogP contribution in [0.15, 0.2) is 11.4 Å². The zero-order valence-electron chi connectivity index (χ0n) is 8.80. The Morgan fingerprint density at radius 1 is 1.56 bits per heavy atom. The summed E-state index contributed by atoms with van der Waals surface area (Å²) in [5, 5.41) is 1.81. The Labute approximate surface area is 95.9 Å². The van der Waals surface area contributed by atoms with Crippen LogP contribution in [0.1, 0.15) is 35.0 Å². The third-order valence-corrected chi connectivity index (χ3v) is 4.71. The van der Waals surface area contributed by atoms with E-state index in [9.17, 15) is 13.6 Å². The highest BCUT2D eigenvalue weighted by molar-refractivity contribution is 7.10. The van der Waals surface area contributed by atoms with E-state index in [-0.39, 0.29) is 12.3 Å². The standard InChI is InChI=1S/C11H11F2NOS/c1-2-10-5-11(12,13)6-14(10)9(15)7-3-4-16-8(7)10/h3-4H,2,5-6H2,1H3. The number of amides is 1. The number of nitrogens with zero attached hydrogens (tertiary/aromatic N) is 1. The molecule has 3 rings (SSSR count). The van der Waals surface area contributed by atoms with Crippen LogP contribution in [-0.4, -0.2) is 23.3 Å². The molecule has 0 aliphatic carbocycles. The lowest BCUT2D eigenvalue weighted by molar-refractivity contribution is 0.0104. The molecule has 5 heteroatoms. The number of fused-ring (bicyclic) bond motifs is 3. The van der Waals surface area contributed by atoms with E-state index >= 15 is 0 Å². The molecular formula is C11H11F2NOS. The summed E-state index contributed by atoms with van der Waals surface area (Å²) in [5.74, 6) is -2.97. The maximum Gasteiger partial charge on any atom is 0.268 e. The van der Waals surface area contributed by atoms with Crippen molar-refractivity contribution in [3.8, 4) is 0 Å². The summed E-state index contributed by atoms with van der Waals surface area (Å²) in [6, 6.07) is 1.75. The number of halogens is 2. The van der Waals surface area contributed by atoms with Gasteiger partial charge in [0.1, 0.15) is 0 Å². The van der Waals surface area contributed by atoms with Gasteiger partial charge in [-0.3, -0.25) is 4.79 Å². The SMILES string of the molecule is CCC12CC(F)(F)CN1C(=O)c1ccsc12. The molecule has 1 aromatic heterocycles. The average molecular weight is 243 g/mol. The molecule has 1 unspecified atom stereocenters. The van der Waals surface area contributed by atoms with Crippen LogP contribution < -0.4 is 0 Å². The van der Waals surface area contributed by atoms with Crippen molar-refractivity contribution >= 4 is 17.2 Å². The van der Waals surface area contributed by atoms with E-state index in [1.54, 1.807) is 6.07 Å². The molecule has 1 aromatic rings. The van der Waals surface area contributed by atoms with Crippen molar-refractivity contribution in [3.05, 3.63) is 21.9 Å². The highest BCUT2D eigenvalue weighted by Gasteiger charge is 2.61. The normalized spacial score (nSPS) is 30.7. The fraction of sp³-hybridized carbons (Fsp3) is 0.545. The van der Waals surface area contributed by atoms with Crippen molar-refractivity contribution in [1.82, 2.24) is 4.90 Å². The third kappa shape index (κ3) is 1.02. The first-order chi connectivity index (χ1) is 7.50. The van der Waals surface area contributed by atoms with Gasteiger partial charge in [-0.25, -0.2) is 8.78 Å². The molecule has 0 N–H and O–H groups in total. The Morgan fingerprint density at radius 3 is 3.00 bits per heavy atom. The maximum atomic E-state index is 13.5. The van der Waals surface area contributed by atoms with Gasteiger partial charge < -0.3 is 4.90 Å². The van der Waals surface area contributed by atoms with Gasteiger partial charge in [0.05, 0.1) is 17.6 Å². The third-order valence-electron chi connectivity index (χ3n) is 3.61. The summed E-state index contributed by atoms with van der Waals surface area (Å²) in [5.41, 5.74) is -0.105. The number of alkyl halides is 2. The number of hydrogen-bond donors (Lipinski definition) is 0. The molecular weight excluding hydrogens is 232 g/mol. The number of rotatable bonds is 1. The Bertz CT molecular complexity index is 470. The smallest absolute Gasteiger partial charge is 0.268 e. The van der Waals surface area contributed by atoms with Crippen LogP contribution in [0.2, 0.25) is 0 Å². The molecule has 0 saturated carbocycles. The molecule has 2 aliphatic rings. The van der Waals surface area contributed by atoms with Gasteiger partial charge in [0.15, 0.2) is 0 Å². The predicted molar refractivity (Wildman–Crippen MR) is 56.9 cm³/mol. The van der Waals surface area contributed by atoms with E-state index in [2.05, 4.69) is 0 Å². The molecule has 16 heavy (non-hydrogen) atoms. The van der Waals surface area contributed by atoms with Crippen molar-refractivity contribution in [3.63, 3.8) is 0 Å². The van der Waals surface area contributed by atoms with Crippen molar-refractivity contribution < 1.29 is 13.6 Å². The van der Waals surface area contributed by atoms with E-state index in [4.69, 9.17) is 0 Å². The second-order valence-corrected chi connectivity index (χ2v) is 5.39. The largest absolute Gasteiger partial charge is 0.322 e. The van der Waals surface area contributed by atoms with Crippen LogP contribution >= 0.6 is 11.3 Å². The van der Waals surface area contributed by atoms with Crippen molar-refractivity contribution in [2.75, 3.05) is 6.54 Å². The lowest BCUT2D eigenvalue weighted by atomic mass is 9.91. The zero-order chi connectivity index (χ0) is 11.6. The number of carbonyl (C=O) groups is 1. The highest BCUT2D eigenvalue weighted by atomic mass is 32.1. The molecule has 2 nitrogen and oxygen atoms in total. The fourth-order valence-corrected chi connectivity index (χ4v) is 4.06. The first-order valence-electron chi connectivity index (χ1n) is 5.28. The second kappa shape index (κ2) is 2.83. The van der Waals surface area contributed by atoms with E-state index in [0.717, 1.165) is 4.88 Å². The molecule has 1 saturated heterocycles. The number of hydrogen-bond acceptors (Lipinski definition) is 2. The first kappa shape index (κ1) is 10.2. The average Bonchev–Trinajstić information content (AvgIpc) is 2.82. The lowest BCUT2D eigenvalue weighted by Gasteiger charge is -2.30. The van der Waals surface area contributed by atoms with Crippen LogP contribution in [0.25, 0.3) is 0 Å². The van der Waals surface area contributed by atoms with Crippen LogP contribution in [-0.2, 0) is 5.54 Å². The van der Waals surface area contributed by atoms with Crippen LogP contribution in [0, 0.1) is 0 Å². The van der Waals surface area contributed by atoms with E-state index in [0.29, 0.717) is 12.0 Å². The summed E-state index contributed by atoms with van der Waals surface area (Å²) in [4.78, 5) is 14.2. The quantitative estimate of drug-likeness (QED) is 0.742. The number of thiophene rings is 1. The monoisotopic (exact) mass is 243 g/mol. The molecule has 1 atom stereocenters. The van der Waals surface area contributed by atoms with Gasteiger partial charge in [-0.2, -0.15) is 0 Å². The lowest BCUT2D eigenvalue weighted by Crippen LogP contribution is -2.37. The van der Waals surface area contributed by atoms with Gasteiger partial charge in [0.2, 0.25) is 0 Å². The summed E-state index contributed by atoms with van der Waals surface area (Å²) in [6.07, 6.45) is 0.331. The second-order valence-electron chi connectivity index (χ2n) is 4.47. The van der Waals surface area contributed by atoms with Gasteiger partial charge >= 0.3 is 0 Å². The zero-order valence-corrected chi connectivity index (χ0v) is 9.61. The Morgan fingerprint density at radius 2 is 2.31 bits per heavy atom. The molecule has 86 valence electrons. The molecule has 2 aliphatic heterocycles. The minimum absolute atomic E-state index is 0.226. The summed E-state index contributed by atoms with van der Waals surface area (Å²) in [7, 11) is 0. The number of carbonyl (C=O) groups excluding carboxylic acids is 1. The maximum absolute atomic E-state index is 13.5. The van der Waals surface area contributed by atoms with Crippen molar-refractivity contribution in [2.24, 2.45) is 0 Å². The van der Waals surface area contributed by atoms with E-state index in [1.807, 2.05) is 12.3 Å². The topological polar surface area (TPSA) is 20.3 Å². The molecule has 0 spiro atoms. The van der Waals surface area contributed by atoms with Crippen LogP contribution in [0.4, 0.5) is 8.78 Å². The molecule has 0 bridgehead atoms. The minimum atomic E-state index is -2.74. The van der Waals surface area contributed by atoms with Gasteiger partial charge in [-0.05, 0) is 17.9 Å². The Kier molecular flexibility index (Phi) is 1.80. The minimum Gasteiger partial charge on any atom is -0.322 e. The fourth-order valence-electron chi connectivity index (χ4n) is 2.89. The summed E-state index contributed by atoms with van der Waals surface area (Å²) in [6.45, 7) is 1.44.